The molecule has 0 unspecified atom stereocenters. The molecular weight excluding hydrogens is 218 g/mol. The molecule has 2 aliphatic heterocycles. The standard InChI is InChI=1S/C13H19NO3/c1-3-9(2)13(16)17-8-10-4-6-14-7-5-11(15)12(10)14/h3-4,11-12,15H,5-8H2,1-2H3/b9-3-/t11-,12+/m1/s1. The van der Waals surface area contributed by atoms with Crippen LogP contribution in [-0.4, -0.2) is 47.8 Å². The smallest absolute Gasteiger partial charge is 0.333 e. The van der Waals surface area contributed by atoms with Crippen LogP contribution in [0, 0.1) is 0 Å². The van der Waals surface area contributed by atoms with Crippen molar-refractivity contribution in [2.75, 3.05) is 19.7 Å². The zero-order chi connectivity index (χ0) is 12.4. The van der Waals surface area contributed by atoms with Gasteiger partial charge in [0.05, 0.1) is 12.1 Å². The van der Waals surface area contributed by atoms with Crippen LogP contribution in [0.3, 0.4) is 0 Å². The normalized spacial score (nSPS) is 29.1. The molecule has 0 aromatic rings. The minimum atomic E-state index is -0.315. The maximum absolute atomic E-state index is 11.5. The lowest BCUT2D eigenvalue weighted by Gasteiger charge is -2.20. The number of fused-ring (bicyclic) bond motifs is 1. The van der Waals surface area contributed by atoms with Crippen LogP contribution in [0.4, 0.5) is 0 Å². The van der Waals surface area contributed by atoms with Crippen molar-refractivity contribution in [3.8, 4) is 0 Å². The summed E-state index contributed by atoms with van der Waals surface area (Å²) in [5.41, 5.74) is 1.65. The number of ether oxygens (including phenoxy) is 1. The second-order valence-electron chi connectivity index (χ2n) is 4.62. The van der Waals surface area contributed by atoms with E-state index in [1.54, 1.807) is 13.0 Å². The molecule has 0 saturated carbocycles. The third-order valence-electron chi connectivity index (χ3n) is 3.56. The number of hydrogen-bond acceptors (Lipinski definition) is 4. The van der Waals surface area contributed by atoms with Gasteiger partial charge in [-0.05, 0) is 25.8 Å². The lowest BCUT2D eigenvalue weighted by atomic mass is 10.1. The number of nitrogens with zero attached hydrogens (tertiary/aromatic N) is 1. The first kappa shape index (κ1) is 12.3. The van der Waals surface area contributed by atoms with Crippen molar-refractivity contribution >= 4 is 5.97 Å². The molecular formula is C13H19NO3. The largest absolute Gasteiger partial charge is 0.458 e. The van der Waals surface area contributed by atoms with Gasteiger partial charge in [0, 0.05) is 18.7 Å². The molecule has 94 valence electrons. The number of hydrogen-bond donors (Lipinski definition) is 1. The van der Waals surface area contributed by atoms with E-state index in [2.05, 4.69) is 11.0 Å². The molecule has 4 heteroatoms. The summed E-state index contributed by atoms with van der Waals surface area (Å²) in [6.07, 6.45) is 4.29. The zero-order valence-corrected chi connectivity index (χ0v) is 10.3. The van der Waals surface area contributed by atoms with Gasteiger partial charge in [0.2, 0.25) is 0 Å². The molecule has 1 saturated heterocycles. The molecule has 2 atom stereocenters. The predicted octanol–water partition coefficient (Wildman–Crippen LogP) is 0.871. The Balaban J connectivity index is 1.90. The summed E-state index contributed by atoms with van der Waals surface area (Å²) in [6, 6.07) is 0.0636. The number of esters is 1. The molecule has 1 N–H and O–H groups in total. The molecule has 0 radical (unpaired) electrons. The molecule has 2 aliphatic rings. The van der Waals surface area contributed by atoms with E-state index < -0.39 is 0 Å². The number of rotatable bonds is 3. The van der Waals surface area contributed by atoms with Crippen LogP contribution in [0.5, 0.6) is 0 Å². The first-order valence-electron chi connectivity index (χ1n) is 6.04. The van der Waals surface area contributed by atoms with Gasteiger partial charge in [-0.25, -0.2) is 4.79 Å². The fraction of sp³-hybridized carbons (Fsp3) is 0.615. The second-order valence-corrected chi connectivity index (χ2v) is 4.62. The molecule has 1 fully saturated rings. The minimum Gasteiger partial charge on any atom is -0.458 e. The van der Waals surface area contributed by atoms with Gasteiger partial charge in [0.1, 0.15) is 6.61 Å². The highest BCUT2D eigenvalue weighted by Crippen LogP contribution is 2.29. The van der Waals surface area contributed by atoms with Crippen molar-refractivity contribution in [2.24, 2.45) is 0 Å². The quantitative estimate of drug-likeness (QED) is 0.449. The highest BCUT2D eigenvalue weighted by molar-refractivity contribution is 5.87. The van der Waals surface area contributed by atoms with E-state index in [1.165, 1.54) is 0 Å². The number of aliphatic hydroxyl groups is 1. The highest BCUT2D eigenvalue weighted by atomic mass is 16.5. The Hall–Kier alpha value is -1.13. The molecule has 0 aromatic carbocycles. The van der Waals surface area contributed by atoms with Crippen LogP contribution in [0.1, 0.15) is 20.3 Å². The van der Waals surface area contributed by atoms with Crippen molar-refractivity contribution in [3.05, 3.63) is 23.3 Å². The van der Waals surface area contributed by atoms with E-state index in [-0.39, 0.29) is 18.1 Å². The van der Waals surface area contributed by atoms with Gasteiger partial charge >= 0.3 is 5.97 Å². The maximum Gasteiger partial charge on any atom is 0.333 e. The monoisotopic (exact) mass is 237 g/mol. The second kappa shape index (κ2) is 5.02. The van der Waals surface area contributed by atoms with Crippen molar-refractivity contribution < 1.29 is 14.6 Å². The SMILES string of the molecule is C/C=C(/C)C(=O)OCC1=CCN2CC[C@@H](O)[C@H]12. The van der Waals surface area contributed by atoms with Crippen LogP contribution in [0.25, 0.3) is 0 Å². The average Bonchev–Trinajstić information content (AvgIpc) is 2.89. The van der Waals surface area contributed by atoms with E-state index >= 15 is 0 Å². The molecule has 0 amide bonds. The lowest BCUT2D eigenvalue weighted by molar-refractivity contribution is -0.138. The molecule has 0 aliphatic carbocycles. The third-order valence-corrected chi connectivity index (χ3v) is 3.56. The van der Waals surface area contributed by atoms with Gasteiger partial charge in [-0.15, -0.1) is 0 Å². The zero-order valence-electron chi connectivity index (χ0n) is 10.3. The van der Waals surface area contributed by atoms with Crippen LogP contribution in [0.15, 0.2) is 23.3 Å². The van der Waals surface area contributed by atoms with Gasteiger partial charge < -0.3 is 9.84 Å². The van der Waals surface area contributed by atoms with Crippen LogP contribution in [0.2, 0.25) is 0 Å². The fourth-order valence-electron chi connectivity index (χ4n) is 2.40. The molecule has 2 rings (SSSR count). The van der Waals surface area contributed by atoms with Gasteiger partial charge in [-0.2, -0.15) is 0 Å². The summed E-state index contributed by atoms with van der Waals surface area (Å²) in [5.74, 6) is -0.278. The third kappa shape index (κ3) is 2.42. The molecule has 4 nitrogen and oxygen atoms in total. The summed E-state index contributed by atoms with van der Waals surface area (Å²) in [5, 5.41) is 9.86. The number of carbonyl (C=O) groups excluding carboxylic acids is 1. The van der Waals surface area contributed by atoms with Crippen molar-refractivity contribution in [2.45, 2.75) is 32.4 Å². The van der Waals surface area contributed by atoms with E-state index in [4.69, 9.17) is 4.74 Å². The molecule has 17 heavy (non-hydrogen) atoms. The highest BCUT2D eigenvalue weighted by Gasteiger charge is 2.38. The van der Waals surface area contributed by atoms with E-state index in [9.17, 15) is 9.90 Å². The van der Waals surface area contributed by atoms with Gasteiger partial charge in [-0.3, -0.25) is 4.90 Å². The number of allylic oxidation sites excluding steroid dienone is 1. The van der Waals surface area contributed by atoms with Gasteiger partial charge in [0.25, 0.3) is 0 Å². The Morgan fingerprint density at radius 3 is 3.18 bits per heavy atom. The molecule has 0 spiro atoms. The summed E-state index contributed by atoms with van der Waals surface area (Å²) in [7, 11) is 0. The predicted molar refractivity (Wildman–Crippen MR) is 64.5 cm³/mol. The van der Waals surface area contributed by atoms with E-state index in [0.29, 0.717) is 12.2 Å². The number of aliphatic hydroxyl groups excluding tert-OH is 1. The lowest BCUT2D eigenvalue weighted by Crippen LogP contribution is -2.33. The Kier molecular flexibility index (Phi) is 3.64. The minimum absolute atomic E-state index is 0.0636. The number of carbonyl (C=O) groups is 1. The Morgan fingerprint density at radius 1 is 1.71 bits per heavy atom. The summed E-state index contributed by atoms with van der Waals surface area (Å²) in [4.78, 5) is 13.7. The summed E-state index contributed by atoms with van der Waals surface area (Å²) >= 11 is 0. The van der Waals surface area contributed by atoms with Gasteiger partial charge in [-0.1, -0.05) is 12.2 Å². The van der Waals surface area contributed by atoms with Crippen molar-refractivity contribution in [1.82, 2.24) is 4.90 Å². The van der Waals surface area contributed by atoms with Crippen LogP contribution < -0.4 is 0 Å². The first-order chi connectivity index (χ1) is 8.13. The van der Waals surface area contributed by atoms with E-state index in [0.717, 1.165) is 25.1 Å². The summed E-state index contributed by atoms with van der Waals surface area (Å²) in [6.45, 7) is 5.63. The Labute approximate surface area is 102 Å². The average molecular weight is 237 g/mol. The molecule has 0 bridgehead atoms. The Bertz CT molecular complexity index is 373. The van der Waals surface area contributed by atoms with Crippen molar-refractivity contribution in [3.63, 3.8) is 0 Å². The van der Waals surface area contributed by atoms with Crippen molar-refractivity contribution in [1.29, 1.82) is 0 Å². The first-order valence-corrected chi connectivity index (χ1v) is 6.04. The van der Waals surface area contributed by atoms with E-state index in [1.807, 2.05) is 6.92 Å². The topological polar surface area (TPSA) is 49.8 Å². The molecule has 2 heterocycles. The maximum atomic E-state index is 11.5. The van der Waals surface area contributed by atoms with Crippen LogP contribution in [-0.2, 0) is 9.53 Å². The summed E-state index contributed by atoms with van der Waals surface area (Å²) < 4.78 is 5.22. The Morgan fingerprint density at radius 2 is 2.47 bits per heavy atom. The van der Waals surface area contributed by atoms with Gasteiger partial charge in [0.15, 0.2) is 0 Å². The molecule has 0 aromatic heterocycles. The van der Waals surface area contributed by atoms with Crippen LogP contribution >= 0.6 is 0 Å². The fourth-order valence-corrected chi connectivity index (χ4v) is 2.40.